The zero-order valence-corrected chi connectivity index (χ0v) is 19.8. The predicted molar refractivity (Wildman–Crippen MR) is 127 cm³/mol. The number of aliphatic imine (C=N–C) groups is 1. The molecule has 2 fully saturated rings. The van der Waals surface area contributed by atoms with Crippen LogP contribution >= 0.6 is 24.0 Å². The van der Waals surface area contributed by atoms with E-state index in [1.54, 1.807) is 0 Å². The number of aliphatic hydroxyl groups is 1. The average Bonchev–Trinajstić information content (AvgIpc) is 3.20. The fraction of sp³-hybridized carbons (Fsp3) is 0.682. The SMILES string of the molecule is CCNC(=NCC1(CCO)CCOC1)NCC1(c2ccccc2)CCOCC1.I. The molecular weight excluding hydrogens is 481 g/mol. The molecule has 6 nitrogen and oxygen atoms in total. The van der Waals surface area contributed by atoms with E-state index in [-0.39, 0.29) is 41.4 Å². The molecule has 1 atom stereocenters. The summed E-state index contributed by atoms with van der Waals surface area (Å²) in [5.41, 5.74) is 1.39. The molecule has 1 aromatic rings. The molecule has 2 heterocycles. The van der Waals surface area contributed by atoms with Crippen LogP contribution in [0.5, 0.6) is 0 Å². The van der Waals surface area contributed by atoms with Crippen LogP contribution in [-0.2, 0) is 14.9 Å². The standard InChI is InChI=1S/C22H35N3O3.HI/c1-2-23-20(24-16-21(8-12-26)9-13-28-18-21)25-17-22(10-14-27-15-11-22)19-6-4-3-5-7-19;/h3-7,26H,2,8-18H2,1H3,(H2,23,24,25);1H. The Labute approximate surface area is 191 Å². The van der Waals surface area contributed by atoms with Crippen LogP contribution in [0.1, 0.15) is 38.2 Å². The number of hydrogen-bond donors (Lipinski definition) is 3. The normalized spacial score (nSPS) is 24.0. The minimum atomic E-state index is -0.0348. The van der Waals surface area contributed by atoms with E-state index in [0.29, 0.717) is 13.2 Å². The molecule has 3 rings (SSSR count). The predicted octanol–water partition coefficient (Wildman–Crippen LogP) is 2.70. The molecule has 7 heteroatoms. The molecule has 0 radical (unpaired) electrons. The number of halogens is 1. The molecule has 0 spiro atoms. The summed E-state index contributed by atoms with van der Waals surface area (Å²) in [6, 6.07) is 10.8. The van der Waals surface area contributed by atoms with Gasteiger partial charge in [0.1, 0.15) is 0 Å². The number of ether oxygens (including phenoxy) is 2. The average molecular weight is 517 g/mol. The number of hydrogen-bond acceptors (Lipinski definition) is 4. The Balaban J connectivity index is 0.00000300. The van der Waals surface area contributed by atoms with Crippen LogP contribution < -0.4 is 10.6 Å². The number of nitrogens with zero attached hydrogens (tertiary/aromatic N) is 1. The van der Waals surface area contributed by atoms with Gasteiger partial charge in [-0.05, 0) is 38.2 Å². The summed E-state index contributed by atoms with van der Waals surface area (Å²) in [7, 11) is 0. The number of benzene rings is 1. The van der Waals surface area contributed by atoms with Crippen LogP contribution in [0, 0.1) is 5.41 Å². The minimum absolute atomic E-state index is 0. The highest BCUT2D eigenvalue weighted by molar-refractivity contribution is 14.0. The lowest BCUT2D eigenvalue weighted by atomic mass is 9.74. The van der Waals surface area contributed by atoms with Crippen molar-refractivity contribution in [1.82, 2.24) is 10.6 Å². The van der Waals surface area contributed by atoms with Crippen molar-refractivity contribution in [2.24, 2.45) is 10.4 Å². The summed E-state index contributed by atoms with van der Waals surface area (Å²) in [6.07, 6.45) is 3.71. The fourth-order valence-electron chi connectivity index (χ4n) is 4.25. The zero-order valence-electron chi connectivity index (χ0n) is 17.5. The first kappa shape index (κ1) is 24.4. The van der Waals surface area contributed by atoms with Crippen molar-refractivity contribution in [2.75, 3.05) is 52.7 Å². The van der Waals surface area contributed by atoms with Gasteiger partial charge in [-0.2, -0.15) is 0 Å². The first-order valence-electron chi connectivity index (χ1n) is 10.6. The number of nitrogens with one attached hydrogen (secondary N) is 2. The first-order valence-corrected chi connectivity index (χ1v) is 10.6. The number of guanidine groups is 1. The van der Waals surface area contributed by atoms with Gasteiger partial charge in [0.2, 0.25) is 0 Å². The van der Waals surface area contributed by atoms with E-state index in [9.17, 15) is 5.11 Å². The largest absolute Gasteiger partial charge is 0.396 e. The number of rotatable bonds is 8. The molecule has 1 aromatic carbocycles. The van der Waals surface area contributed by atoms with Gasteiger partial charge in [0.15, 0.2) is 5.96 Å². The second kappa shape index (κ2) is 12.1. The van der Waals surface area contributed by atoms with E-state index in [2.05, 4.69) is 47.9 Å². The molecule has 0 saturated carbocycles. The molecule has 2 saturated heterocycles. The van der Waals surface area contributed by atoms with Crippen LogP contribution in [0.15, 0.2) is 35.3 Å². The van der Waals surface area contributed by atoms with E-state index >= 15 is 0 Å². The van der Waals surface area contributed by atoms with Crippen molar-refractivity contribution in [3.05, 3.63) is 35.9 Å². The summed E-state index contributed by atoms with van der Waals surface area (Å²) in [6.45, 7) is 7.61. The fourth-order valence-corrected chi connectivity index (χ4v) is 4.25. The first-order chi connectivity index (χ1) is 13.7. The van der Waals surface area contributed by atoms with Gasteiger partial charge >= 0.3 is 0 Å². The Kier molecular flexibility index (Phi) is 10.1. The van der Waals surface area contributed by atoms with Crippen LogP contribution in [0.3, 0.4) is 0 Å². The number of aliphatic hydroxyl groups excluding tert-OH is 1. The maximum absolute atomic E-state index is 9.45. The smallest absolute Gasteiger partial charge is 0.191 e. The highest BCUT2D eigenvalue weighted by Crippen LogP contribution is 2.34. The van der Waals surface area contributed by atoms with E-state index < -0.39 is 0 Å². The van der Waals surface area contributed by atoms with E-state index in [4.69, 9.17) is 14.5 Å². The van der Waals surface area contributed by atoms with Crippen molar-refractivity contribution in [2.45, 2.75) is 38.0 Å². The molecule has 2 aliphatic rings. The monoisotopic (exact) mass is 517 g/mol. The van der Waals surface area contributed by atoms with Gasteiger partial charge in [0, 0.05) is 50.3 Å². The van der Waals surface area contributed by atoms with Gasteiger partial charge in [0.05, 0.1) is 13.2 Å². The quantitative estimate of drug-likeness (QED) is 0.281. The van der Waals surface area contributed by atoms with Gasteiger partial charge in [-0.25, -0.2) is 0 Å². The molecule has 0 aromatic heterocycles. The third-order valence-corrected chi connectivity index (χ3v) is 6.17. The lowest BCUT2D eigenvalue weighted by Crippen LogP contribution is -2.48. The molecule has 3 N–H and O–H groups in total. The van der Waals surface area contributed by atoms with E-state index in [0.717, 1.165) is 64.6 Å². The van der Waals surface area contributed by atoms with Crippen molar-refractivity contribution < 1.29 is 14.6 Å². The lowest BCUT2D eigenvalue weighted by Gasteiger charge is -2.38. The van der Waals surface area contributed by atoms with Crippen LogP contribution in [-0.4, -0.2) is 63.7 Å². The van der Waals surface area contributed by atoms with Crippen LogP contribution in [0.4, 0.5) is 0 Å². The molecule has 0 aliphatic carbocycles. The van der Waals surface area contributed by atoms with Crippen LogP contribution in [0.2, 0.25) is 0 Å². The summed E-state index contributed by atoms with van der Waals surface area (Å²) < 4.78 is 11.2. The Morgan fingerprint density at radius 1 is 1.07 bits per heavy atom. The van der Waals surface area contributed by atoms with Crippen molar-refractivity contribution >= 4 is 29.9 Å². The van der Waals surface area contributed by atoms with Gasteiger partial charge in [0.25, 0.3) is 0 Å². The second-order valence-corrected chi connectivity index (χ2v) is 8.08. The third-order valence-electron chi connectivity index (χ3n) is 6.17. The van der Waals surface area contributed by atoms with Gasteiger partial charge in [-0.15, -0.1) is 24.0 Å². The zero-order chi connectivity index (χ0) is 19.7. The molecule has 0 bridgehead atoms. The highest BCUT2D eigenvalue weighted by Gasteiger charge is 2.36. The van der Waals surface area contributed by atoms with Gasteiger partial charge in [-0.1, -0.05) is 30.3 Å². The Morgan fingerprint density at radius 2 is 1.79 bits per heavy atom. The maximum Gasteiger partial charge on any atom is 0.191 e. The highest BCUT2D eigenvalue weighted by atomic mass is 127. The Hall–Kier alpha value is -0.900. The van der Waals surface area contributed by atoms with Gasteiger partial charge < -0.3 is 25.2 Å². The summed E-state index contributed by atoms with van der Waals surface area (Å²) in [5.74, 6) is 0.841. The Bertz CT molecular complexity index is 615. The lowest BCUT2D eigenvalue weighted by molar-refractivity contribution is 0.0513. The van der Waals surface area contributed by atoms with Crippen molar-refractivity contribution in [1.29, 1.82) is 0 Å². The third kappa shape index (κ3) is 6.54. The summed E-state index contributed by atoms with van der Waals surface area (Å²) >= 11 is 0. The molecule has 0 amide bonds. The van der Waals surface area contributed by atoms with Crippen molar-refractivity contribution in [3.8, 4) is 0 Å². The Morgan fingerprint density at radius 3 is 2.41 bits per heavy atom. The molecule has 29 heavy (non-hydrogen) atoms. The minimum Gasteiger partial charge on any atom is -0.396 e. The molecular formula is C22H36IN3O3. The van der Waals surface area contributed by atoms with Gasteiger partial charge in [-0.3, -0.25) is 4.99 Å². The van der Waals surface area contributed by atoms with E-state index in [1.807, 2.05) is 0 Å². The molecule has 164 valence electrons. The van der Waals surface area contributed by atoms with E-state index in [1.165, 1.54) is 5.56 Å². The maximum atomic E-state index is 9.45. The summed E-state index contributed by atoms with van der Waals surface area (Å²) in [5, 5.41) is 16.4. The summed E-state index contributed by atoms with van der Waals surface area (Å²) in [4.78, 5) is 4.87. The van der Waals surface area contributed by atoms with Crippen LogP contribution in [0.25, 0.3) is 0 Å². The van der Waals surface area contributed by atoms with Crippen molar-refractivity contribution in [3.63, 3.8) is 0 Å². The molecule has 2 aliphatic heterocycles. The second-order valence-electron chi connectivity index (χ2n) is 8.08. The topological polar surface area (TPSA) is 75.1 Å². The molecule has 1 unspecified atom stereocenters.